The summed E-state index contributed by atoms with van der Waals surface area (Å²) in [7, 11) is 0. The Hall–Kier alpha value is -3.85. The van der Waals surface area contributed by atoms with E-state index in [0.717, 1.165) is 86.5 Å². The Kier molecular flexibility index (Phi) is 8.23. The van der Waals surface area contributed by atoms with Crippen LogP contribution < -0.4 is 14.5 Å². The Labute approximate surface area is 242 Å². The largest absolute Gasteiger partial charge is 0.508 e. The molecule has 41 heavy (non-hydrogen) atoms. The highest BCUT2D eigenvalue weighted by Gasteiger charge is 2.28. The molecule has 9 nitrogen and oxygen atoms in total. The van der Waals surface area contributed by atoms with E-state index in [9.17, 15) is 9.90 Å². The third-order valence-corrected chi connectivity index (χ3v) is 8.73. The first-order valence-corrected chi connectivity index (χ1v) is 14.9. The van der Waals surface area contributed by atoms with Crippen molar-refractivity contribution in [2.24, 2.45) is 0 Å². The van der Waals surface area contributed by atoms with Gasteiger partial charge in [0.1, 0.15) is 24.5 Å². The number of carbonyl (C=O) groups excluding carboxylic acids is 1. The van der Waals surface area contributed by atoms with Gasteiger partial charge in [-0.15, -0.1) is 0 Å². The zero-order valence-electron chi connectivity index (χ0n) is 23.9. The number of aldehydes is 1. The molecule has 9 heteroatoms. The first-order chi connectivity index (χ1) is 20.1. The first-order valence-electron chi connectivity index (χ1n) is 14.9. The molecule has 2 fully saturated rings. The summed E-state index contributed by atoms with van der Waals surface area (Å²) >= 11 is 0. The smallest absolute Gasteiger partial charge is 0.318 e. The molecule has 3 aromatic rings. The molecular weight excluding hydrogens is 516 g/mol. The molecule has 216 valence electrons. The van der Waals surface area contributed by atoms with E-state index in [4.69, 9.17) is 14.7 Å². The number of rotatable bonds is 8. The number of aromatic nitrogens is 2. The van der Waals surface area contributed by atoms with E-state index in [2.05, 4.69) is 32.6 Å². The molecule has 2 saturated heterocycles. The Morgan fingerprint density at radius 2 is 1.88 bits per heavy atom. The predicted octanol–water partition coefficient (Wildman–Crippen LogP) is 3.99. The van der Waals surface area contributed by atoms with Crippen molar-refractivity contribution in [3.63, 3.8) is 0 Å². The summed E-state index contributed by atoms with van der Waals surface area (Å²) in [6, 6.07) is 12.9. The third kappa shape index (κ3) is 6.10. The maximum Gasteiger partial charge on any atom is 0.318 e. The summed E-state index contributed by atoms with van der Waals surface area (Å²) in [5.41, 5.74) is 3.18. The van der Waals surface area contributed by atoms with Gasteiger partial charge in [-0.1, -0.05) is 30.7 Å². The first kappa shape index (κ1) is 27.3. The van der Waals surface area contributed by atoms with Crippen molar-refractivity contribution in [3.8, 4) is 11.8 Å². The van der Waals surface area contributed by atoms with Crippen molar-refractivity contribution in [1.82, 2.24) is 19.8 Å². The van der Waals surface area contributed by atoms with Crippen LogP contribution in [-0.2, 0) is 17.8 Å². The van der Waals surface area contributed by atoms with Crippen molar-refractivity contribution in [2.45, 2.75) is 45.2 Å². The molecule has 0 saturated carbocycles. The Morgan fingerprint density at radius 1 is 1.02 bits per heavy atom. The summed E-state index contributed by atoms with van der Waals surface area (Å²) < 4.78 is 6.25. The van der Waals surface area contributed by atoms with Gasteiger partial charge in [-0.05, 0) is 50.3 Å². The third-order valence-electron chi connectivity index (χ3n) is 8.73. The number of piperazine rings is 1. The highest BCUT2D eigenvalue weighted by molar-refractivity contribution is 5.95. The minimum Gasteiger partial charge on any atom is -0.508 e. The van der Waals surface area contributed by atoms with Crippen LogP contribution in [0.4, 0.5) is 11.5 Å². The van der Waals surface area contributed by atoms with Crippen molar-refractivity contribution in [1.29, 1.82) is 0 Å². The zero-order valence-corrected chi connectivity index (χ0v) is 23.9. The number of allylic oxidation sites excluding steroid dienone is 1. The molecule has 0 aliphatic carbocycles. The minimum atomic E-state index is 0.269. The fraction of sp³-hybridized carbons (Fsp3) is 0.469. The molecule has 6 rings (SSSR count). The minimum absolute atomic E-state index is 0.269. The van der Waals surface area contributed by atoms with Gasteiger partial charge in [-0.2, -0.15) is 9.97 Å². The summed E-state index contributed by atoms with van der Waals surface area (Å²) in [5, 5.41) is 12.6. The van der Waals surface area contributed by atoms with Gasteiger partial charge in [0.2, 0.25) is 0 Å². The lowest BCUT2D eigenvalue weighted by Crippen LogP contribution is -2.45. The molecule has 1 aromatic heterocycles. The van der Waals surface area contributed by atoms with Crippen LogP contribution in [0, 0.1) is 0 Å². The average Bonchev–Trinajstić information content (AvgIpc) is 3.00. The van der Waals surface area contributed by atoms with Gasteiger partial charge in [0, 0.05) is 74.2 Å². The second kappa shape index (κ2) is 12.3. The SMILES string of the molecule is C[C@H]1CCCCN1CCOc1nc2c(c(N3CCN(C=CC=O)CC3)n1)CCN(c1cc(O)cc3ccccc13)C2. The van der Waals surface area contributed by atoms with E-state index >= 15 is 0 Å². The fourth-order valence-corrected chi connectivity index (χ4v) is 6.44. The van der Waals surface area contributed by atoms with E-state index in [1.165, 1.54) is 24.8 Å². The number of carbonyl (C=O) groups is 1. The van der Waals surface area contributed by atoms with Gasteiger partial charge in [0.25, 0.3) is 0 Å². The number of anilines is 2. The van der Waals surface area contributed by atoms with Crippen LogP contribution in [0.1, 0.15) is 37.4 Å². The van der Waals surface area contributed by atoms with Gasteiger partial charge in [0.15, 0.2) is 0 Å². The highest BCUT2D eigenvalue weighted by atomic mass is 16.5. The van der Waals surface area contributed by atoms with Crippen molar-refractivity contribution in [2.75, 3.05) is 62.2 Å². The summed E-state index contributed by atoms with van der Waals surface area (Å²) in [5.74, 6) is 1.24. The van der Waals surface area contributed by atoms with Crippen molar-refractivity contribution >= 4 is 28.6 Å². The van der Waals surface area contributed by atoms with Gasteiger partial charge in [0.05, 0.1) is 12.2 Å². The number of phenolic OH excluding ortho intramolecular Hbond substituents is 1. The molecule has 0 unspecified atom stereocenters. The lowest BCUT2D eigenvalue weighted by atomic mass is 10.0. The summed E-state index contributed by atoms with van der Waals surface area (Å²) in [4.78, 5) is 30.0. The van der Waals surface area contributed by atoms with Crippen molar-refractivity contribution in [3.05, 3.63) is 59.9 Å². The maximum atomic E-state index is 10.8. The number of hydrogen-bond donors (Lipinski definition) is 1. The van der Waals surface area contributed by atoms with Crippen LogP contribution in [0.3, 0.4) is 0 Å². The molecule has 0 spiro atoms. The molecule has 3 aliphatic heterocycles. The summed E-state index contributed by atoms with van der Waals surface area (Å²) in [6.45, 7) is 9.59. The topological polar surface area (TPSA) is 85.3 Å². The van der Waals surface area contributed by atoms with E-state index in [-0.39, 0.29) is 5.75 Å². The van der Waals surface area contributed by atoms with Crippen LogP contribution in [0.2, 0.25) is 0 Å². The molecule has 2 aromatic carbocycles. The quantitative estimate of drug-likeness (QED) is 0.327. The lowest BCUT2D eigenvalue weighted by molar-refractivity contribution is -0.104. The van der Waals surface area contributed by atoms with Crippen LogP contribution in [0.5, 0.6) is 11.8 Å². The Morgan fingerprint density at radius 3 is 2.71 bits per heavy atom. The molecule has 1 N–H and O–H groups in total. The second-order valence-corrected chi connectivity index (χ2v) is 11.3. The Balaban J connectivity index is 1.26. The summed E-state index contributed by atoms with van der Waals surface area (Å²) in [6.07, 6.45) is 8.85. The van der Waals surface area contributed by atoms with Crippen LogP contribution in [-0.4, -0.2) is 89.6 Å². The van der Waals surface area contributed by atoms with Gasteiger partial charge in [-0.3, -0.25) is 9.69 Å². The lowest BCUT2D eigenvalue weighted by Gasteiger charge is -2.38. The number of hydrogen-bond acceptors (Lipinski definition) is 9. The number of phenols is 1. The van der Waals surface area contributed by atoms with E-state index in [1.54, 1.807) is 6.08 Å². The monoisotopic (exact) mass is 556 g/mol. The molecule has 1 atom stereocenters. The average molecular weight is 557 g/mol. The standard InChI is InChI=1S/C32H40N6O3/c1-24-7-4-5-12-36(24)18-20-41-32-33-29-23-38(30-22-26(40)21-25-8-2-3-9-27(25)30)13-10-28(29)31(34-32)37-16-14-35(15-17-37)11-6-19-39/h2-3,6,8-9,11,19,21-22,24,40H,4-5,7,10,12-18,20,23H2,1H3/t24-/m0/s1. The zero-order chi connectivity index (χ0) is 28.2. The number of benzene rings is 2. The second-order valence-electron chi connectivity index (χ2n) is 11.3. The van der Waals surface area contributed by atoms with Crippen LogP contribution in [0.15, 0.2) is 48.7 Å². The fourth-order valence-electron chi connectivity index (χ4n) is 6.44. The Bertz CT molecular complexity index is 1400. The molecule has 0 bridgehead atoms. The normalized spacial score (nSPS) is 20.0. The number of aromatic hydroxyl groups is 1. The maximum absolute atomic E-state index is 10.8. The number of fused-ring (bicyclic) bond motifs is 2. The predicted molar refractivity (Wildman–Crippen MR) is 162 cm³/mol. The van der Waals surface area contributed by atoms with Gasteiger partial charge >= 0.3 is 6.01 Å². The molecular formula is C32H40N6O3. The number of piperidine rings is 1. The molecule has 0 amide bonds. The van der Waals surface area contributed by atoms with E-state index < -0.39 is 0 Å². The van der Waals surface area contributed by atoms with Crippen LogP contribution in [0.25, 0.3) is 10.8 Å². The van der Waals surface area contributed by atoms with E-state index in [1.807, 2.05) is 36.5 Å². The number of likely N-dealkylation sites (tertiary alicyclic amines) is 1. The van der Waals surface area contributed by atoms with Crippen molar-refractivity contribution < 1.29 is 14.6 Å². The molecule has 3 aliphatic rings. The highest BCUT2D eigenvalue weighted by Crippen LogP contribution is 2.36. The van der Waals surface area contributed by atoms with Crippen LogP contribution >= 0.6 is 0 Å². The van der Waals surface area contributed by atoms with Gasteiger partial charge in [-0.25, -0.2) is 0 Å². The molecule has 0 radical (unpaired) electrons. The van der Waals surface area contributed by atoms with E-state index in [0.29, 0.717) is 25.2 Å². The number of nitrogens with zero attached hydrogens (tertiary/aromatic N) is 6. The molecule has 4 heterocycles. The number of ether oxygens (including phenoxy) is 1. The van der Waals surface area contributed by atoms with Gasteiger partial charge < -0.3 is 24.5 Å².